The number of nitriles is 1. The number of nitrogens with one attached hydrogen (secondary N) is 1. The number of carbonyl (C=O) groups is 1. The van der Waals surface area contributed by atoms with Crippen LogP contribution in [0.5, 0.6) is 5.75 Å². The molecule has 0 saturated carbocycles. The molecule has 0 heterocycles. The monoisotopic (exact) mass is 462 g/mol. The maximum atomic E-state index is 12.0. The number of halogens is 2. The fourth-order valence-corrected chi connectivity index (χ4v) is 3.50. The third-order valence-electron chi connectivity index (χ3n) is 3.27. The van der Waals surface area contributed by atoms with Crippen LogP contribution in [0.3, 0.4) is 0 Å². The normalized spacial score (nSPS) is 10.9. The summed E-state index contributed by atoms with van der Waals surface area (Å²) in [6.45, 7) is 2.64. The van der Waals surface area contributed by atoms with Crippen LogP contribution in [0.2, 0.25) is 0 Å². The Labute approximate surface area is 163 Å². The summed E-state index contributed by atoms with van der Waals surface area (Å²) in [4.78, 5) is 12.0. The summed E-state index contributed by atoms with van der Waals surface area (Å²) < 4.78 is 7.49. The maximum Gasteiger partial charge on any atom is 0.261 e. The Hall–Kier alpha value is -2.10. The van der Waals surface area contributed by atoms with Gasteiger partial charge in [0.15, 0.2) is 0 Å². The average Bonchev–Trinajstić information content (AvgIpc) is 2.59. The molecule has 2 rings (SSSR count). The molecule has 0 saturated heterocycles. The summed E-state index contributed by atoms with van der Waals surface area (Å²) in [5, 5.41) is 11.9. The maximum absolute atomic E-state index is 12.0. The van der Waals surface area contributed by atoms with Gasteiger partial charge in [0.05, 0.1) is 4.47 Å². The Kier molecular flexibility index (Phi) is 7.23. The third kappa shape index (κ3) is 5.45. The number of ether oxygens (including phenoxy) is 1. The van der Waals surface area contributed by atoms with Gasteiger partial charge in [-0.2, -0.15) is 5.26 Å². The van der Waals surface area contributed by atoms with E-state index in [2.05, 4.69) is 37.2 Å². The quantitative estimate of drug-likeness (QED) is 0.492. The van der Waals surface area contributed by atoms with Crippen molar-refractivity contribution in [1.82, 2.24) is 5.32 Å². The first kappa shape index (κ1) is 19.2. The van der Waals surface area contributed by atoms with Crippen LogP contribution in [-0.4, -0.2) is 12.5 Å². The van der Waals surface area contributed by atoms with Gasteiger partial charge in [-0.15, -0.1) is 0 Å². The van der Waals surface area contributed by atoms with Crippen LogP contribution in [0, 0.1) is 11.3 Å². The van der Waals surface area contributed by atoms with Crippen molar-refractivity contribution in [3.8, 4) is 11.8 Å². The highest BCUT2D eigenvalue weighted by molar-refractivity contribution is 9.11. The highest BCUT2D eigenvalue weighted by Crippen LogP contribution is 2.35. The van der Waals surface area contributed by atoms with Crippen LogP contribution in [0.15, 0.2) is 57.0 Å². The summed E-state index contributed by atoms with van der Waals surface area (Å²) in [6.07, 6.45) is 1.53. The van der Waals surface area contributed by atoms with Crippen molar-refractivity contribution in [2.75, 3.05) is 6.54 Å². The Balaban J connectivity index is 2.36. The van der Waals surface area contributed by atoms with Gasteiger partial charge in [0.1, 0.15) is 24.0 Å². The lowest BCUT2D eigenvalue weighted by molar-refractivity contribution is -0.116. The zero-order valence-corrected chi connectivity index (χ0v) is 16.7. The summed E-state index contributed by atoms with van der Waals surface area (Å²) in [6, 6.07) is 15.4. The number of hydrogen-bond acceptors (Lipinski definition) is 3. The van der Waals surface area contributed by atoms with E-state index in [-0.39, 0.29) is 5.57 Å². The molecule has 0 unspecified atom stereocenters. The van der Waals surface area contributed by atoms with E-state index >= 15 is 0 Å². The van der Waals surface area contributed by atoms with Gasteiger partial charge < -0.3 is 10.1 Å². The van der Waals surface area contributed by atoms with Crippen molar-refractivity contribution >= 4 is 43.8 Å². The number of benzene rings is 2. The lowest BCUT2D eigenvalue weighted by Crippen LogP contribution is -2.23. The number of carbonyl (C=O) groups excluding carboxylic acids is 1. The van der Waals surface area contributed by atoms with Gasteiger partial charge >= 0.3 is 0 Å². The highest BCUT2D eigenvalue weighted by atomic mass is 79.9. The molecule has 1 amide bonds. The van der Waals surface area contributed by atoms with E-state index in [4.69, 9.17) is 4.74 Å². The second kappa shape index (κ2) is 9.40. The molecule has 1 N–H and O–H groups in total. The minimum atomic E-state index is -0.407. The third-order valence-corrected chi connectivity index (χ3v) is 4.31. The first-order chi connectivity index (χ1) is 12.0. The zero-order chi connectivity index (χ0) is 18.2. The average molecular weight is 464 g/mol. The lowest BCUT2D eigenvalue weighted by Gasteiger charge is -2.13. The Morgan fingerprint density at radius 1 is 1.28 bits per heavy atom. The molecule has 2 aromatic rings. The molecule has 0 bridgehead atoms. The minimum absolute atomic E-state index is 0.0245. The second-order valence-corrected chi connectivity index (χ2v) is 6.88. The molecule has 0 aliphatic rings. The molecule has 0 radical (unpaired) electrons. The fourth-order valence-electron chi connectivity index (χ4n) is 2.13. The van der Waals surface area contributed by atoms with Crippen LogP contribution in [0.1, 0.15) is 18.1 Å². The molecule has 0 fully saturated rings. The lowest BCUT2D eigenvalue weighted by atomic mass is 10.1. The van der Waals surface area contributed by atoms with Crippen molar-refractivity contribution in [3.05, 3.63) is 68.1 Å². The predicted octanol–water partition coefficient (Wildman–Crippen LogP) is 4.83. The van der Waals surface area contributed by atoms with Crippen molar-refractivity contribution in [3.63, 3.8) is 0 Å². The van der Waals surface area contributed by atoms with Crippen molar-refractivity contribution in [1.29, 1.82) is 5.26 Å². The van der Waals surface area contributed by atoms with E-state index < -0.39 is 5.91 Å². The molecule has 25 heavy (non-hydrogen) atoms. The van der Waals surface area contributed by atoms with Gasteiger partial charge in [-0.25, -0.2) is 0 Å². The van der Waals surface area contributed by atoms with E-state index in [1.54, 1.807) is 6.92 Å². The minimum Gasteiger partial charge on any atom is -0.487 e. The SMILES string of the molecule is CCNC(=O)/C(C#N)=C/c1cc(Br)cc(Br)c1OCc1ccccc1. The standard InChI is InChI=1S/C19H16Br2N2O2/c1-2-23-19(24)15(11-22)8-14-9-16(20)10-17(21)18(14)25-12-13-6-4-3-5-7-13/h3-10H,2,12H2,1H3,(H,23,24)/b15-8+. The topological polar surface area (TPSA) is 62.1 Å². The number of amides is 1. The van der Waals surface area contributed by atoms with E-state index in [0.717, 1.165) is 14.5 Å². The van der Waals surface area contributed by atoms with Crippen LogP contribution in [0.25, 0.3) is 6.08 Å². The molecule has 6 heteroatoms. The summed E-state index contributed by atoms with van der Waals surface area (Å²) in [5.41, 5.74) is 1.69. The number of likely N-dealkylation sites (N-methyl/N-ethyl adjacent to an activating group) is 1. The fraction of sp³-hybridized carbons (Fsp3) is 0.158. The second-order valence-electron chi connectivity index (χ2n) is 5.11. The first-order valence-corrected chi connectivity index (χ1v) is 9.19. The van der Waals surface area contributed by atoms with E-state index in [1.165, 1.54) is 6.08 Å². The Morgan fingerprint density at radius 3 is 2.64 bits per heavy atom. The molecular formula is C19H16Br2N2O2. The largest absolute Gasteiger partial charge is 0.487 e. The van der Waals surface area contributed by atoms with Crippen LogP contribution in [-0.2, 0) is 11.4 Å². The number of hydrogen-bond donors (Lipinski definition) is 1. The van der Waals surface area contributed by atoms with E-state index in [0.29, 0.717) is 24.5 Å². The van der Waals surface area contributed by atoms with Gasteiger partial charge in [0, 0.05) is 16.6 Å². The first-order valence-electron chi connectivity index (χ1n) is 7.61. The molecule has 128 valence electrons. The highest BCUT2D eigenvalue weighted by Gasteiger charge is 2.13. The van der Waals surface area contributed by atoms with Crippen molar-refractivity contribution in [2.45, 2.75) is 13.5 Å². The summed E-state index contributed by atoms with van der Waals surface area (Å²) in [7, 11) is 0. The number of nitrogens with zero attached hydrogens (tertiary/aromatic N) is 1. The summed E-state index contributed by atoms with van der Waals surface area (Å²) in [5.74, 6) is 0.166. The zero-order valence-electron chi connectivity index (χ0n) is 13.6. The van der Waals surface area contributed by atoms with Crippen molar-refractivity contribution in [2.24, 2.45) is 0 Å². The van der Waals surface area contributed by atoms with Gasteiger partial charge in [0.25, 0.3) is 5.91 Å². The number of rotatable bonds is 6. The molecule has 0 atom stereocenters. The molecule has 0 aliphatic carbocycles. The molecule has 0 aromatic heterocycles. The molecular weight excluding hydrogens is 448 g/mol. The smallest absolute Gasteiger partial charge is 0.261 e. The van der Waals surface area contributed by atoms with Crippen LogP contribution >= 0.6 is 31.9 Å². The van der Waals surface area contributed by atoms with Gasteiger partial charge in [-0.3, -0.25) is 4.79 Å². The van der Waals surface area contributed by atoms with Gasteiger partial charge in [-0.05, 0) is 46.6 Å². The Morgan fingerprint density at radius 2 is 2.00 bits per heavy atom. The van der Waals surface area contributed by atoms with E-state index in [1.807, 2.05) is 48.5 Å². The molecule has 4 nitrogen and oxygen atoms in total. The van der Waals surface area contributed by atoms with Gasteiger partial charge in [-0.1, -0.05) is 46.3 Å². The van der Waals surface area contributed by atoms with Crippen LogP contribution < -0.4 is 10.1 Å². The predicted molar refractivity (Wildman–Crippen MR) is 105 cm³/mol. The summed E-state index contributed by atoms with van der Waals surface area (Å²) >= 11 is 6.91. The Bertz CT molecular complexity index is 827. The molecule has 2 aromatic carbocycles. The van der Waals surface area contributed by atoms with Gasteiger partial charge in [0.2, 0.25) is 0 Å². The molecule has 0 spiro atoms. The van der Waals surface area contributed by atoms with Crippen molar-refractivity contribution < 1.29 is 9.53 Å². The van der Waals surface area contributed by atoms with E-state index in [9.17, 15) is 10.1 Å². The molecule has 0 aliphatic heterocycles. The van der Waals surface area contributed by atoms with Crippen LogP contribution in [0.4, 0.5) is 0 Å².